The third-order valence-corrected chi connectivity index (χ3v) is 7.83. The Hall–Kier alpha value is 0.850. The fourth-order valence-corrected chi connectivity index (χ4v) is 5.46. The summed E-state index contributed by atoms with van der Waals surface area (Å²) in [4.78, 5) is 23.8. The predicted octanol–water partition coefficient (Wildman–Crippen LogP) is -2.49. The smallest absolute Gasteiger partial charge is 0.550 e. The van der Waals surface area contributed by atoms with Gasteiger partial charge in [-0.2, -0.15) is 8.42 Å². The summed E-state index contributed by atoms with van der Waals surface area (Å²) in [5.74, 6) is -4.47. The summed E-state index contributed by atoms with van der Waals surface area (Å²) < 4.78 is 31.3. The van der Waals surface area contributed by atoms with Crippen LogP contribution >= 0.6 is 0 Å². The van der Waals surface area contributed by atoms with E-state index in [4.69, 9.17) is 0 Å². The first-order chi connectivity index (χ1) is 14.9. The SMILES string of the molecule is CC(C)CCCCCCCC(C(=O)[O-])C(CCCCCCCC(C)C)(C(=O)[O-])S(=O)(=O)O.[Na+].[Na+]. The van der Waals surface area contributed by atoms with Crippen molar-refractivity contribution in [2.24, 2.45) is 17.8 Å². The van der Waals surface area contributed by atoms with Crippen LogP contribution in [0.5, 0.6) is 0 Å². The van der Waals surface area contributed by atoms with Gasteiger partial charge in [-0.3, -0.25) is 4.55 Å². The van der Waals surface area contributed by atoms with E-state index in [1.165, 1.54) is 0 Å². The van der Waals surface area contributed by atoms with Crippen LogP contribution in [0, 0.1) is 17.8 Å². The van der Waals surface area contributed by atoms with Crippen LogP contribution in [-0.2, 0) is 19.7 Å². The minimum atomic E-state index is -5.22. The molecule has 0 radical (unpaired) electrons. The predicted molar refractivity (Wildman–Crippen MR) is 122 cm³/mol. The van der Waals surface area contributed by atoms with E-state index in [2.05, 4.69) is 27.7 Å². The van der Waals surface area contributed by atoms with Crippen molar-refractivity contribution in [1.29, 1.82) is 0 Å². The number of carboxylic acids is 2. The number of carbonyl (C=O) groups is 2. The Morgan fingerprint density at radius 3 is 1.38 bits per heavy atom. The van der Waals surface area contributed by atoms with E-state index in [0.717, 1.165) is 51.4 Å². The molecule has 0 amide bonds. The molecule has 1 N–H and O–H groups in total. The van der Waals surface area contributed by atoms with Crippen molar-refractivity contribution in [3.63, 3.8) is 0 Å². The molecule has 0 aliphatic rings. The minimum Gasteiger partial charge on any atom is -0.550 e. The van der Waals surface area contributed by atoms with E-state index in [0.29, 0.717) is 31.1 Å². The molecule has 0 aromatic rings. The van der Waals surface area contributed by atoms with E-state index in [9.17, 15) is 32.8 Å². The quantitative estimate of drug-likeness (QED) is 0.106. The molecular weight excluding hydrogens is 478 g/mol. The maximum absolute atomic E-state index is 12.2. The normalized spacial score (nSPS) is 14.2. The van der Waals surface area contributed by atoms with Crippen molar-refractivity contribution in [3.8, 4) is 0 Å². The second kappa shape index (κ2) is 20.9. The zero-order valence-corrected chi connectivity index (χ0v) is 27.3. The molecule has 0 rings (SSSR count). The zero-order chi connectivity index (χ0) is 24.8. The van der Waals surface area contributed by atoms with Crippen LogP contribution in [-0.4, -0.2) is 29.7 Å². The van der Waals surface area contributed by atoms with Crippen LogP contribution in [0.25, 0.3) is 0 Å². The topological polar surface area (TPSA) is 135 Å². The molecular formula is C24H44Na2O7S. The molecule has 190 valence electrons. The molecule has 10 heteroatoms. The molecule has 0 aromatic heterocycles. The number of hydrogen-bond acceptors (Lipinski definition) is 6. The van der Waals surface area contributed by atoms with Crippen LogP contribution < -0.4 is 69.3 Å². The number of carbonyl (C=O) groups excluding carboxylic acids is 2. The Morgan fingerprint density at radius 2 is 1.06 bits per heavy atom. The molecule has 0 spiro atoms. The van der Waals surface area contributed by atoms with Gasteiger partial charge in [0.15, 0.2) is 0 Å². The summed E-state index contributed by atoms with van der Waals surface area (Å²) in [7, 11) is -5.22. The van der Waals surface area contributed by atoms with E-state index in [1.54, 1.807) is 0 Å². The molecule has 0 aliphatic heterocycles. The number of rotatable bonds is 20. The van der Waals surface area contributed by atoms with E-state index < -0.39 is 39.1 Å². The third kappa shape index (κ3) is 15.2. The standard InChI is InChI=1S/C24H46O7S.2Na/c1-19(2)15-11-7-5-9-13-17-21(22(25)26)24(23(27)28,32(29,30)31)18-14-10-6-8-12-16-20(3)4;;/h19-21H,5-18H2,1-4H3,(H,25,26)(H,27,28)(H,29,30,31);;/q;2*+1/p-2. The maximum atomic E-state index is 12.2. The van der Waals surface area contributed by atoms with Gasteiger partial charge < -0.3 is 19.8 Å². The van der Waals surface area contributed by atoms with Crippen LogP contribution in [0.3, 0.4) is 0 Å². The van der Waals surface area contributed by atoms with Gasteiger partial charge in [-0.25, -0.2) is 0 Å². The van der Waals surface area contributed by atoms with E-state index >= 15 is 0 Å². The second-order valence-electron chi connectivity index (χ2n) is 9.96. The van der Waals surface area contributed by atoms with Gasteiger partial charge in [0.25, 0.3) is 10.1 Å². The second-order valence-corrected chi connectivity index (χ2v) is 11.6. The molecule has 2 unspecified atom stereocenters. The molecule has 34 heavy (non-hydrogen) atoms. The minimum absolute atomic E-state index is 0. The van der Waals surface area contributed by atoms with Gasteiger partial charge in [-0.1, -0.05) is 105 Å². The third-order valence-electron chi connectivity index (χ3n) is 6.26. The molecule has 0 bridgehead atoms. The average molecular weight is 523 g/mol. The maximum Gasteiger partial charge on any atom is 1.00 e. The molecule has 0 saturated heterocycles. The van der Waals surface area contributed by atoms with Gasteiger partial charge >= 0.3 is 59.1 Å². The van der Waals surface area contributed by atoms with Crippen molar-refractivity contribution < 1.29 is 91.9 Å². The molecule has 0 fully saturated rings. The molecule has 2 atom stereocenters. The van der Waals surface area contributed by atoms with Crippen molar-refractivity contribution in [2.45, 2.75) is 122 Å². The van der Waals surface area contributed by atoms with Gasteiger partial charge in [-0.05, 0) is 24.7 Å². The summed E-state index contributed by atoms with van der Waals surface area (Å²) in [5, 5.41) is 23.8. The molecule has 0 saturated carbocycles. The average Bonchev–Trinajstić information content (AvgIpc) is 2.65. The summed E-state index contributed by atoms with van der Waals surface area (Å²) in [6.07, 6.45) is 8.89. The monoisotopic (exact) mass is 522 g/mol. The molecule has 0 aromatic carbocycles. The van der Waals surface area contributed by atoms with Crippen LogP contribution in [0.4, 0.5) is 0 Å². The van der Waals surface area contributed by atoms with Crippen molar-refractivity contribution >= 4 is 22.1 Å². The first-order valence-electron chi connectivity index (χ1n) is 12.3. The van der Waals surface area contributed by atoms with Crippen LogP contribution in [0.15, 0.2) is 0 Å². The summed E-state index contributed by atoms with van der Waals surface area (Å²) in [6, 6.07) is 0. The largest absolute Gasteiger partial charge is 1.00 e. The molecule has 7 nitrogen and oxygen atoms in total. The van der Waals surface area contributed by atoms with Gasteiger partial charge in [0.05, 0.1) is 5.97 Å². The fraction of sp³-hybridized carbons (Fsp3) is 0.917. The first-order valence-corrected chi connectivity index (χ1v) is 13.7. The Bertz CT molecular complexity index is 654. The first kappa shape index (κ1) is 39.4. The Labute approximate surface area is 251 Å². The van der Waals surface area contributed by atoms with Gasteiger partial charge in [-0.15, -0.1) is 0 Å². The number of unbranched alkanes of at least 4 members (excludes halogenated alkanes) is 8. The fourth-order valence-electron chi connectivity index (χ4n) is 4.28. The van der Waals surface area contributed by atoms with Crippen LogP contribution in [0.2, 0.25) is 0 Å². The Kier molecular flexibility index (Phi) is 24.1. The number of carboxylic acid groups (broad SMARTS) is 2. The van der Waals surface area contributed by atoms with E-state index in [-0.39, 0.29) is 72.0 Å². The Morgan fingerprint density at radius 1 is 0.706 bits per heavy atom. The van der Waals surface area contributed by atoms with Crippen molar-refractivity contribution in [3.05, 3.63) is 0 Å². The summed E-state index contributed by atoms with van der Waals surface area (Å²) in [6.45, 7) is 8.55. The Balaban J connectivity index is -0.00000480. The summed E-state index contributed by atoms with van der Waals surface area (Å²) in [5.41, 5.74) is 0. The zero-order valence-electron chi connectivity index (χ0n) is 22.4. The van der Waals surface area contributed by atoms with Gasteiger partial charge in [0, 0.05) is 11.9 Å². The number of hydrogen-bond donors (Lipinski definition) is 1. The molecule has 0 aliphatic carbocycles. The van der Waals surface area contributed by atoms with Crippen molar-refractivity contribution in [2.75, 3.05) is 0 Å². The number of aliphatic carboxylic acids is 2. The van der Waals surface area contributed by atoms with Crippen LogP contribution in [0.1, 0.15) is 118 Å². The molecule has 0 heterocycles. The summed E-state index contributed by atoms with van der Waals surface area (Å²) >= 11 is 0. The van der Waals surface area contributed by atoms with Gasteiger partial charge in [0.1, 0.15) is 4.75 Å². The van der Waals surface area contributed by atoms with E-state index in [1.807, 2.05) is 0 Å². The van der Waals surface area contributed by atoms with Gasteiger partial charge in [0.2, 0.25) is 0 Å². The van der Waals surface area contributed by atoms with Crippen molar-refractivity contribution in [1.82, 2.24) is 0 Å².